The number of benzene rings is 1. The Morgan fingerprint density at radius 2 is 2.06 bits per heavy atom. The summed E-state index contributed by atoms with van der Waals surface area (Å²) < 4.78 is 0.944. The second-order valence-electron chi connectivity index (χ2n) is 4.42. The molecule has 0 aromatic heterocycles. The van der Waals surface area contributed by atoms with Crippen LogP contribution in [0.5, 0.6) is 0 Å². The smallest absolute Gasteiger partial charge is 0.0772 e. The lowest BCUT2D eigenvalue weighted by atomic mass is 10.1. The van der Waals surface area contributed by atoms with Gasteiger partial charge in [-0.15, -0.1) is 6.58 Å². The molecule has 0 aliphatic heterocycles. The van der Waals surface area contributed by atoms with E-state index in [0.717, 1.165) is 22.3 Å². The molecule has 0 fully saturated rings. The predicted octanol–water partition coefficient (Wildman–Crippen LogP) is 3.90. The van der Waals surface area contributed by atoms with E-state index in [-0.39, 0.29) is 0 Å². The van der Waals surface area contributed by atoms with Crippen LogP contribution < -0.4 is 4.90 Å². The summed E-state index contributed by atoms with van der Waals surface area (Å²) in [5.74, 6) is 0. The molecule has 0 aliphatic carbocycles. The van der Waals surface area contributed by atoms with Crippen molar-refractivity contribution in [1.82, 2.24) is 0 Å². The summed E-state index contributed by atoms with van der Waals surface area (Å²) in [6.45, 7) is 10.7. The van der Waals surface area contributed by atoms with Gasteiger partial charge in [-0.2, -0.15) is 0 Å². The molecule has 94 valence electrons. The van der Waals surface area contributed by atoms with Crippen molar-refractivity contribution in [2.24, 2.45) is 0 Å². The highest BCUT2D eigenvalue weighted by Gasteiger charge is 2.12. The third kappa shape index (κ3) is 3.58. The Kier molecular flexibility index (Phi) is 5.22. The number of halogens is 1. The van der Waals surface area contributed by atoms with E-state index in [1.54, 1.807) is 6.92 Å². The zero-order valence-corrected chi connectivity index (χ0v) is 12.2. The molecule has 1 atom stereocenters. The standard InChI is InChI=1S/C14H20BrNO/c1-5-8-16(10(2)3)12-6-7-13(11(4)17)14(15)9-12/h5-7,9-11,17H,1,8H2,2-4H3/t11-/m1/s1. The second kappa shape index (κ2) is 6.22. The average Bonchev–Trinajstić information content (AvgIpc) is 2.24. The van der Waals surface area contributed by atoms with Crippen LogP contribution in [0.4, 0.5) is 5.69 Å². The highest BCUT2D eigenvalue weighted by atomic mass is 79.9. The molecule has 0 saturated heterocycles. The van der Waals surface area contributed by atoms with Gasteiger partial charge in [0.05, 0.1) is 6.10 Å². The van der Waals surface area contributed by atoms with Crippen LogP contribution >= 0.6 is 15.9 Å². The maximum absolute atomic E-state index is 9.59. The van der Waals surface area contributed by atoms with Crippen LogP contribution in [-0.4, -0.2) is 17.7 Å². The summed E-state index contributed by atoms with van der Waals surface area (Å²) in [4.78, 5) is 2.25. The number of anilines is 1. The van der Waals surface area contributed by atoms with Crippen molar-refractivity contribution < 1.29 is 5.11 Å². The quantitative estimate of drug-likeness (QED) is 0.833. The minimum Gasteiger partial charge on any atom is -0.389 e. The Hall–Kier alpha value is -0.800. The third-order valence-electron chi connectivity index (χ3n) is 2.71. The molecule has 0 unspecified atom stereocenters. The molecule has 2 nitrogen and oxygen atoms in total. The van der Waals surface area contributed by atoms with E-state index in [1.165, 1.54) is 0 Å². The van der Waals surface area contributed by atoms with Crippen LogP contribution in [0.15, 0.2) is 35.3 Å². The first-order chi connectivity index (χ1) is 7.97. The molecule has 0 bridgehead atoms. The van der Waals surface area contributed by atoms with E-state index in [1.807, 2.05) is 24.3 Å². The Labute approximate surface area is 112 Å². The minimum absolute atomic E-state index is 0.414. The topological polar surface area (TPSA) is 23.5 Å². The van der Waals surface area contributed by atoms with Crippen molar-refractivity contribution in [3.63, 3.8) is 0 Å². The number of hydrogen-bond acceptors (Lipinski definition) is 2. The van der Waals surface area contributed by atoms with Gasteiger partial charge in [0.1, 0.15) is 0 Å². The van der Waals surface area contributed by atoms with Gasteiger partial charge in [-0.05, 0) is 38.5 Å². The predicted molar refractivity (Wildman–Crippen MR) is 77.5 cm³/mol. The molecule has 0 spiro atoms. The Morgan fingerprint density at radius 1 is 1.41 bits per heavy atom. The summed E-state index contributed by atoms with van der Waals surface area (Å²) in [5, 5.41) is 9.59. The van der Waals surface area contributed by atoms with Crippen LogP contribution in [0.3, 0.4) is 0 Å². The minimum atomic E-state index is -0.453. The van der Waals surface area contributed by atoms with Crippen LogP contribution in [0.25, 0.3) is 0 Å². The molecule has 0 amide bonds. The number of nitrogens with zero attached hydrogens (tertiary/aromatic N) is 1. The van der Waals surface area contributed by atoms with Gasteiger partial charge >= 0.3 is 0 Å². The first-order valence-electron chi connectivity index (χ1n) is 5.82. The van der Waals surface area contributed by atoms with Crippen LogP contribution in [-0.2, 0) is 0 Å². The summed E-state index contributed by atoms with van der Waals surface area (Å²) in [6, 6.07) is 6.46. The molecule has 0 aliphatic rings. The molecule has 1 aromatic carbocycles. The number of rotatable bonds is 5. The summed E-state index contributed by atoms with van der Waals surface area (Å²) >= 11 is 3.50. The van der Waals surface area contributed by atoms with Crippen molar-refractivity contribution in [2.75, 3.05) is 11.4 Å². The van der Waals surface area contributed by atoms with E-state index in [2.05, 4.69) is 41.3 Å². The van der Waals surface area contributed by atoms with Crippen molar-refractivity contribution >= 4 is 21.6 Å². The molecule has 3 heteroatoms. The van der Waals surface area contributed by atoms with E-state index >= 15 is 0 Å². The van der Waals surface area contributed by atoms with Gasteiger partial charge in [0, 0.05) is 22.7 Å². The molecule has 1 rings (SSSR count). The first-order valence-corrected chi connectivity index (χ1v) is 6.61. The summed E-state index contributed by atoms with van der Waals surface area (Å²) in [6.07, 6.45) is 1.45. The van der Waals surface area contributed by atoms with Crippen molar-refractivity contribution in [3.05, 3.63) is 40.9 Å². The maximum Gasteiger partial charge on any atom is 0.0772 e. The van der Waals surface area contributed by atoms with Gasteiger partial charge in [0.2, 0.25) is 0 Å². The zero-order valence-electron chi connectivity index (χ0n) is 10.7. The number of aliphatic hydroxyl groups is 1. The first kappa shape index (κ1) is 14.3. The highest BCUT2D eigenvalue weighted by Crippen LogP contribution is 2.29. The van der Waals surface area contributed by atoms with Crippen LogP contribution in [0, 0.1) is 0 Å². The van der Waals surface area contributed by atoms with Crippen molar-refractivity contribution in [2.45, 2.75) is 32.9 Å². The molecule has 1 aromatic rings. The normalized spacial score (nSPS) is 12.6. The Balaban J connectivity index is 3.06. The van der Waals surface area contributed by atoms with Crippen LogP contribution in [0.2, 0.25) is 0 Å². The molecule has 0 heterocycles. The van der Waals surface area contributed by atoms with Gasteiger partial charge < -0.3 is 10.0 Å². The maximum atomic E-state index is 9.59. The summed E-state index contributed by atoms with van der Waals surface area (Å²) in [7, 11) is 0. The van der Waals surface area contributed by atoms with Crippen molar-refractivity contribution in [3.8, 4) is 0 Å². The van der Waals surface area contributed by atoms with Gasteiger partial charge in [-0.3, -0.25) is 0 Å². The lowest BCUT2D eigenvalue weighted by molar-refractivity contribution is 0.198. The Bertz CT molecular complexity index is 388. The number of aliphatic hydroxyl groups excluding tert-OH is 1. The molecule has 0 radical (unpaired) electrons. The van der Waals surface area contributed by atoms with Gasteiger partial charge in [-0.1, -0.05) is 28.1 Å². The lowest BCUT2D eigenvalue weighted by Gasteiger charge is -2.28. The molecular weight excluding hydrogens is 278 g/mol. The Morgan fingerprint density at radius 3 is 2.47 bits per heavy atom. The van der Waals surface area contributed by atoms with Crippen molar-refractivity contribution in [1.29, 1.82) is 0 Å². The van der Waals surface area contributed by atoms with E-state index in [4.69, 9.17) is 0 Å². The molecule has 0 saturated carbocycles. The van der Waals surface area contributed by atoms with Gasteiger partial charge in [0.15, 0.2) is 0 Å². The zero-order chi connectivity index (χ0) is 13.0. The van der Waals surface area contributed by atoms with E-state index < -0.39 is 6.10 Å². The fraction of sp³-hybridized carbons (Fsp3) is 0.429. The van der Waals surface area contributed by atoms with Crippen LogP contribution in [0.1, 0.15) is 32.4 Å². The second-order valence-corrected chi connectivity index (χ2v) is 5.27. The molecule has 1 N–H and O–H groups in total. The van der Waals surface area contributed by atoms with E-state index in [9.17, 15) is 5.11 Å². The molecule has 17 heavy (non-hydrogen) atoms. The monoisotopic (exact) mass is 297 g/mol. The average molecular weight is 298 g/mol. The molecular formula is C14H20BrNO. The van der Waals surface area contributed by atoms with Gasteiger partial charge in [-0.25, -0.2) is 0 Å². The largest absolute Gasteiger partial charge is 0.389 e. The third-order valence-corrected chi connectivity index (χ3v) is 3.40. The lowest BCUT2D eigenvalue weighted by Crippen LogP contribution is -2.30. The SMILES string of the molecule is C=CCN(c1ccc([C@@H](C)O)c(Br)c1)C(C)C. The fourth-order valence-corrected chi connectivity index (χ4v) is 2.48. The summed E-state index contributed by atoms with van der Waals surface area (Å²) in [5.41, 5.74) is 2.05. The fourth-order valence-electron chi connectivity index (χ4n) is 1.79. The number of hydrogen-bond donors (Lipinski definition) is 1. The van der Waals surface area contributed by atoms with E-state index in [0.29, 0.717) is 6.04 Å². The van der Waals surface area contributed by atoms with Gasteiger partial charge in [0.25, 0.3) is 0 Å². The highest BCUT2D eigenvalue weighted by molar-refractivity contribution is 9.10.